The molecule has 0 spiro atoms. The Kier molecular flexibility index (Phi) is 4.04. The van der Waals surface area contributed by atoms with Crippen molar-refractivity contribution >= 4 is 0 Å². The molecule has 0 amide bonds. The van der Waals surface area contributed by atoms with Crippen molar-refractivity contribution in [2.45, 2.75) is 12.5 Å². The summed E-state index contributed by atoms with van der Waals surface area (Å²) < 4.78 is 5.94. The normalized spacial score (nSPS) is 16.2. The van der Waals surface area contributed by atoms with Crippen LogP contribution in [0.4, 0.5) is 0 Å². The average molecular weight is 334 g/mol. The van der Waals surface area contributed by atoms with Gasteiger partial charge in [0.2, 0.25) is 0 Å². The highest BCUT2D eigenvalue weighted by molar-refractivity contribution is 5.49. The molecule has 0 saturated carbocycles. The Balaban J connectivity index is 1.67. The van der Waals surface area contributed by atoms with Crippen molar-refractivity contribution in [1.82, 2.24) is 0 Å². The van der Waals surface area contributed by atoms with E-state index in [1.54, 1.807) is 12.1 Å². The van der Waals surface area contributed by atoms with Gasteiger partial charge >= 0.3 is 0 Å². The van der Waals surface area contributed by atoms with Crippen LogP contribution in [0.2, 0.25) is 0 Å². The fourth-order valence-corrected chi connectivity index (χ4v) is 3.39. The van der Waals surface area contributed by atoms with Crippen molar-refractivity contribution in [3.63, 3.8) is 0 Å². The van der Waals surface area contributed by atoms with Gasteiger partial charge in [-0.1, -0.05) is 30.3 Å². The number of aromatic hydroxyl groups is 2. The lowest BCUT2D eigenvalue weighted by atomic mass is 9.89. The van der Waals surface area contributed by atoms with E-state index in [0.717, 1.165) is 41.2 Å². The predicted octanol–water partition coefficient (Wildman–Crippen LogP) is 3.10. The Hall–Kier alpha value is -2.98. The molecule has 1 aliphatic rings. The van der Waals surface area contributed by atoms with Gasteiger partial charge < -0.3 is 20.3 Å². The molecule has 0 bridgehead atoms. The van der Waals surface area contributed by atoms with Gasteiger partial charge in [0, 0.05) is 17.5 Å². The van der Waals surface area contributed by atoms with E-state index in [1.807, 2.05) is 48.5 Å². The summed E-state index contributed by atoms with van der Waals surface area (Å²) in [5.74, 6) is 1.46. The minimum atomic E-state index is -0.0734. The van der Waals surface area contributed by atoms with Gasteiger partial charge in [-0.2, -0.15) is 0 Å². The first-order valence-electron chi connectivity index (χ1n) is 8.41. The topological polar surface area (TPSA) is 66.3 Å². The van der Waals surface area contributed by atoms with Crippen LogP contribution in [-0.4, -0.2) is 16.8 Å². The Morgan fingerprint density at radius 3 is 2.44 bits per heavy atom. The van der Waals surface area contributed by atoms with Crippen LogP contribution in [-0.2, 0) is 6.42 Å². The molecule has 1 heterocycles. The van der Waals surface area contributed by atoms with Crippen LogP contribution in [0.15, 0.2) is 66.7 Å². The van der Waals surface area contributed by atoms with E-state index in [4.69, 9.17) is 4.74 Å². The molecule has 1 atom stereocenters. The molecule has 4 rings (SSSR count). The van der Waals surface area contributed by atoms with E-state index in [0.29, 0.717) is 0 Å². The van der Waals surface area contributed by atoms with Crippen molar-refractivity contribution < 1.29 is 20.3 Å². The molecule has 0 radical (unpaired) electrons. The highest BCUT2D eigenvalue weighted by atomic mass is 16.5. The Morgan fingerprint density at radius 2 is 1.60 bits per heavy atom. The minimum Gasteiger partial charge on any atom is -0.504 e. The van der Waals surface area contributed by atoms with Crippen molar-refractivity contribution in [1.29, 1.82) is 0 Å². The number of phenols is 2. The van der Waals surface area contributed by atoms with Crippen molar-refractivity contribution in [3.05, 3.63) is 83.4 Å². The first kappa shape index (κ1) is 15.5. The highest BCUT2D eigenvalue weighted by Crippen LogP contribution is 2.35. The fraction of sp³-hybridized carbons (Fsp3) is 0.143. The van der Waals surface area contributed by atoms with Gasteiger partial charge in [0.1, 0.15) is 17.5 Å². The fourth-order valence-electron chi connectivity index (χ4n) is 3.39. The second-order valence-corrected chi connectivity index (χ2v) is 6.28. The number of nitrogens with two attached hydrogens (primary N) is 1. The van der Waals surface area contributed by atoms with E-state index in [1.165, 1.54) is 0 Å². The largest absolute Gasteiger partial charge is 0.504 e. The third-order valence-electron chi connectivity index (χ3n) is 4.58. The smallest absolute Gasteiger partial charge is 0.157 e. The molecule has 0 aromatic heterocycles. The Labute approximate surface area is 146 Å². The van der Waals surface area contributed by atoms with Crippen LogP contribution in [0, 0.1) is 0 Å². The molecule has 3 aromatic carbocycles. The zero-order valence-electron chi connectivity index (χ0n) is 13.7. The SMILES string of the molecule is Oc1cc2c(cc1O)[C@@H](c1cccc(Oc3ccccc3)c1)[NH2+]CC2. The molecule has 1 aliphatic heterocycles. The third kappa shape index (κ3) is 3.16. The summed E-state index contributed by atoms with van der Waals surface area (Å²) in [6.45, 7) is 0.936. The number of fused-ring (bicyclic) bond motifs is 1. The summed E-state index contributed by atoms with van der Waals surface area (Å²) in [4.78, 5) is 0. The van der Waals surface area contributed by atoms with Gasteiger partial charge in [-0.15, -0.1) is 0 Å². The van der Waals surface area contributed by atoms with Crippen LogP contribution in [0.1, 0.15) is 22.7 Å². The van der Waals surface area contributed by atoms with Gasteiger partial charge in [0.25, 0.3) is 0 Å². The highest BCUT2D eigenvalue weighted by Gasteiger charge is 2.26. The van der Waals surface area contributed by atoms with Crippen molar-refractivity contribution in [3.8, 4) is 23.0 Å². The first-order chi connectivity index (χ1) is 12.2. The van der Waals surface area contributed by atoms with Crippen molar-refractivity contribution in [2.24, 2.45) is 0 Å². The number of hydrogen-bond donors (Lipinski definition) is 3. The summed E-state index contributed by atoms with van der Waals surface area (Å²) in [7, 11) is 0. The average Bonchev–Trinajstić information content (AvgIpc) is 2.63. The second kappa shape index (κ2) is 6.49. The second-order valence-electron chi connectivity index (χ2n) is 6.28. The lowest BCUT2D eigenvalue weighted by Crippen LogP contribution is -2.87. The zero-order chi connectivity index (χ0) is 17.2. The molecular formula is C21H20NO3+. The maximum Gasteiger partial charge on any atom is 0.157 e. The molecule has 0 saturated heterocycles. The number of phenolic OH excluding ortho intramolecular Hbond substituents is 2. The first-order valence-corrected chi connectivity index (χ1v) is 8.41. The molecule has 0 unspecified atom stereocenters. The molecule has 126 valence electrons. The molecule has 4 heteroatoms. The molecular weight excluding hydrogens is 314 g/mol. The summed E-state index contributed by atoms with van der Waals surface area (Å²) in [6.07, 6.45) is 0.875. The van der Waals surface area contributed by atoms with Crippen molar-refractivity contribution in [2.75, 3.05) is 6.54 Å². The van der Waals surface area contributed by atoms with Gasteiger partial charge in [0.05, 0.1) is 6.54 Å². The van der Waals surface area contributed by atoms with Crippen LogP contribution in [0.3, 0.4) is 0 Å². The van der Waals surface area contributed by atoms with Crippen LogP contribution >= 0.6 is 0 Å². The number of para-hydroxylation sites is 1. The predicted molar refractivity (Wildman–Crippen MR) is 95.1 cm³/mol. The maximum absolute atomic E-state index is 9.90. The maximum atomic E-state index is 9.90. The van der Waals surface area contributed by atoms with Crippen LogP contribution in [0.25, 0.3) is 0 Å². The van der Waals surface area contributed by atoms with Gasteiger partial charge in [-0.25, -0.2) is 0 Å². The van der Waals surface area contributed by atoms with Crippen LogP contribution in [0.5, 0.6) is 23.0 Å². The van der Waals surface area contributed by atoms with Gasteiger partial charge in [-0.3, -0.25) is 0 Å². The van der Waals surface area contributed by atoms with E-state index in [-0.39, 0.29) is 17.5 Å². The Morgan fingerprint density at radius 1 is 0.840 bits per heavy atom. The molecule has 0 fully saturated rings. The van der Waals surface area contributed by atoms with Gasteiger partial charge in [-0.05, 0) is 42.0 Å². The number of benzene rings is 3. The molecule has 25 heavy (non-hydrogen) atoms. The van der Waals surface area contributed by atoms with E-state index < -0.39 is 0 Å². The summed E-state index contributed by atoms with van der Waals surface area (Å²) in [5, 5.41) is 21.9. The number of rotatable bonds is 3. The zero-order valence-corrected chi connectivity index (χ0v) is 13.7. The number of quaternary nitrogens is 1. The quantitative estimate of drug-likeness (QED) is 0.645. The van der Waals surface area contributed by atoms with Crippen LogP contribution < -0.4 is 10.1 Å². The Bertz CT molecular complexity index is 893. The summed E-state index contributed by atoms with van der Waals surface area (Å²) in [5.41, 5.74) is 3.23. The summed E-state index contributed by atoms with van der Waals surface area (Å²) >= 11 is 0. The van der Waals surface area contributed by atoms with E-state index >= 15 is 0 Å². The third-order valence-corrected chi connectivity index (χ3v) is 4.58. The molecule has 0 aliphatic carbocycles. The molecule has 4 N–H and O–H groups in total. The minimum absolute atomic E-state index is 0.0550. The molecule has 4 nitrogen and oxygen atoms in total. The lowest BCUT2D eigenvalue weighted by molar-refractivity contribution is -0.690. The lowest BCUT2D eigenvalue weighted by Gasteiger charge is -2.25. The number of ether oxygens (including phenoxy) is 1. The summed E-state index contributed by atoms with van der Waals surface area (Å²) in [6, 6.07) is 21.2. The monoisotopic (exact) mass is 334 g/mol. The number of hydrogen-bond acceptors (Lipinski definition) is 3. The van der Waals surface area contributed by atoms with E-state index in [2.05, 4.69) is 11.4 Å². The standard InChI is InChI=1S/C21H19NO3/c23-19-12-14-9-10-22-21(18(14)13-20(19)24)15-5-4-8-17(11-15)25-16-6-2-1-3-7-16/h1-8,11-13,21-24H,9-10H2/p+1/t21-/m1/s1. The van der Waals surface area contributed by atoms with Gasteiger partial charge in [0.15, 0.2) is 11.5 Å². The van der Waals surface area contributed by atoms with E-state index in [9.17, 15) is 10.2 Å². The molecule has 3 aromatic rings.